The Bertz CT molecular complexity index is 628. The lowest BCUT2D eigenvalue weighted by Gasteiger charge is -2.11. The van der Waals surface area contributed by atoms with Crippen LogP contribution in [-0.2, 0) is 12.8 Å². The number of methoxy groups -OCH3 is 1. The fourth-order valence-corrected chi connectivity index (χ4v) is 2.82. The topological polar surface area (TPSA) is 58.5 Å². The Labute approximate surface area is 165 Å². The third kappa shape index (κ3) is 7.04. The maximum Gasteiger partial charge on any atom is 0.190 e. The van der Waals surface area contributed by atoms with E-state index >= 15 is 0 Å². The van der Waals surface area contributed by atoms with Gasteiger partial charge in [-0.1, -0.05) is 12.1 Å². The molecule has 5 nitrogen and oxygen atoms in total. The minimum Gasteiger partial charge on any atom is -0.497 e. The van der Waals surface area contributed by atoms with Crippen LogP contribution in [0, 0.1) is 6.92 Å². The molecule has 1 aromatic heterocycles. The number of hydrogen-bond donors (Lipinski definition) is 2. The summed E-state index contributed by atoms with van der Waals surface area (Å²) in [6, 6.07) is 8.14. The van der Waals surface area contributed by atoms with Crippen LogP contribution in [0.4, 0.5) is 0 Å². The smallest absolute Gasteiger partial charge is 0.190 e. The molecule has 0 atom stereocenters. The van der Waals surface area contributed by atoms with Crippen molar-refractivity contribution in [2.75, 3.05) is 27.2 Å². The maximum absolute atomic E-state index is 5.16. The van der Waals surface area contributed by atoms with Crippen molar-refractivity contribution in [2.45, 2.75) is 19.8 Å². The van der Waals surface area contributed by atoms with Crippen molar-refractivity contribution >= 4 is 41.3 Å². The first kappa shape index (κ1) is 20.7. The number of aryl methyl sites for hydroxylation is 1. The van der Waals surface area contributed by atoms with Crippen LogP contribution < -0.4 is 15.4 Å². The number of benzene rings is 1. The summed E-state index contributed by atoms with van der Waals surface area (Å²) in [4.78, 5) is 8.70. The highest BCUT2D eigenvalue weighted by Gasteiger charge is 2.01. The van der Waals surface area contributed by atoms with Crippen LogP contribution in [0.1, 0.15) is 16.3 Å². The third-order valence-electron chi connectivity index (χ3n) is 3.43. The molecule has 0 saturated heterocycles. The predicted molar refractivity (Wildman–Crippen MR) is 112 cm³/mol. The number of thiazole rings is 1. The van der Waals surface area contributed by atoms with E-state index in [4.69, 9.17) is 4.74 Å². The van der Waals surface area contributed by atoms with Crippen molar-refractivity contribution in [2.24, 2.45) is 4.99 Å². The van der Waals surface area contributed by atoms with E-state index < -0.39 is 0 Å². The van der Waals surface area contributed by atoms with E-state index in [2.05, 4.69) is 38.1 Å². The van der Waals surface area contributed by atoms with Gasteiger partial charge in [-0.2, -0.15) is 0 Å². The Kier molecular flexibility index (Phi) is 9.70. The number of ether oxygens (including phenoxy) is 1. The van der Waals surface area contributed by atoms with Crippen molar-refractivity contribution in [3.05, 3.63) is 45.9 Å². The molecule has 24 heavy (non-hydrogen) atoms. The summed E-state index contributed by atoms with van der Waals surface area (Å²) in [7, 11) is 3.47. The lowest BCUT2D eigenvalue weighted by molar-refractivity contribution is 0.414. The second kappa shape index (κ2) is 11.2. The molecule has 0 aliphatic carbocycles. The fraction of sp³-hybridized carbons (Fsp3) is 0.412. The van der Waals surface area contributed by atoms with Crippen molar-refractivity contribution < 1.29 is 4.74 Å². The Morgan fingerprint density at radius 1 is 1.17 bits per heavy atom. The second-order valence-corrected chi connectivity index (χ2v) is 6.19. The molecule has 2 N–H and O–H groups in total. The molecule has 0 amide bonds. The quantitative estimate of drug-likeness (QED) is 0.379. The third-order valence-corrected chi connectivity index (χ3v) is 4.25. The summed E-state index contributed by atoms with van der Waals surface area (Å²) in [5, 5.41) is 9.86. The summed E-state index contributed by atoms with van der Waals surface area (Å²) < 4.78 is 5.16. The van der Waals surface area contributed by atoms with Gasteiger partial charge >= 0.3 is 0 Å². The largest absolute Gasteiger partial charge is 0.497 e. The van der Waals surface area contributed by atoms with Crippen LogP contribution in [-0.4, -0.2) is 38.2 Å². The first-order valence-electron chi connectivity index (χ1n) is 7.69. The van der Waals surface area contributed by atoms with E-state index in [1.54, 1.807) is 25.5 Å². The van der Waals surface area contributed by atoms with Gasteiger partial charge in [0.1, 0.15) is 5.75 Å². The molecular formula is C17H25IN4OS. The van der Waals surface area contributed by atoms with E-state index in [1.807, 2.05) is 19.1 Å². The number of halogens is 1. The second-order valence-electron chi connectivity index (χ2n) is 5.13. The number of guanidine groups is 1. The summed E-state index contributed by atoms with van der Waals surface area (Å²) in [6.45, 7) is 3.69. The van der Waals surface area contributed by atoms with Crippen molar-refractivity contribution in [1.82, 2.24) is 15.6 Å². The molecule has 0 saturated carbocycles. The van der Waals surface area contributed by atoms with Gasteiger partial charge < -0.3 is 15.4 Å². The van der Waals surface area contributed by atoms with E-state index in [0.717, 1.165) is 48.3 Å². The van der Waals surface area contributed by atoms with E-state index in [-0.39, 0.29) is 24.0 Å². The molecule has 2 aromatic rings. The molecule has 7 heteroatoms. The van der Waals surface area contributed by atoms with Gasteiger partial charge in [0.05, 0.1) is 17.8 Å². The monoisotopic (exact) mass is 460 g/mol. The number of nitrogens with one attached hydrogen (secondary N) is 2. The molecule has 0 unspecified atom stereocenters. The zero-order valence-corrected chi connectivity index (χ0v) is 17.5. The van der Waals surface area contributed by atoms with Crippen LogP contribution >= 0.6 is 35.3 Å². The summed E-state index contributed by atoms with van der Waals surface area (Å²) >= 11 is 1.69. The Hall–Kier alpha value is -1.35. The minimum atomic E-state index is 0. The molecule has 0 aliphatic heterocycles. The normalized spacial score (nSPS) is 10.9. The first-order chi connectivity index (χ1) is 11.2. The van der Waals surface area contributed by atoms with Gasteiger partial charge in [0, 0.05) is 31.9 Å². The van der Waals surface area contributed by atoms with Gasteiger partial charge in [-0.15, -0.1) is 35.3 Å². The van der Waals surface area contributed by atoms with Gasteiger partial charge in [-0.3, -0.25) is 4.99 Å². The number of nitrogens with zero attached hydrogens (tertiary/aromatic N) is 2. The number of aromatic nitrogens is 1. The van der Waals surface area contributed by atoms with Gasteiger partial charge in [0.15, 0.2) is 5.96 Å². The lowest BCUT2D eigenvalue weighted by Crippen LogP contribution is -2.39. The predicted octanol–water partition coefficient (Wildman–Crippen LogP) is 3.03. The summed E-state index contributed by atoms with van der Waals surface area (Å²) in [5.74, 6) is 1.71. The van der Waals surface area contributed by atoms with Gasteiger partial charge in [0.25, 0.3) is 0 Å². The average molecular weight is 460 g/mol. The highest BCUT2D eigenvalue weighted by atomic mass is 127. The van der Waals surface area contributed by atoms with Crippen LogP contribution in [0.15, 0.2) is 34.6 Å². The maximum atomic E-state index is 5.16. The number of rotatable bonds is 7. The molecule has 1 aromatic carbocycles. The molecule has 0 aliphatic rings. The fourth-order valence-electron chi connectivity index (χ4n) is 2.17. The number of hydrogen-bond acceptors (Lipinski definition) is 4. The van der Waals surface area contributed by atoms with Crippen LogP contribution in [0.5, 0.6) is 5.75 Å². The Morgan fingerprint density at radius 2 is 1.83 bits per heavy atom. The van der Waals surface area contributed by atoms with Crippen molar-refractivity contribution in [3.8, 4) is 5.75 Å². The van der Waals surface area contributed by atoms with Gasteiger partial charge in [-0.05, 0) is 31.0 Å². The lowest BCUT2D eigenvalue weighted by atomic mass is 10.1. The van der Waals surface area contributed by atoms with E-state index in [1.165, 1.54) is 5.56 Å². The molecule has 0 bridgehead atoms. The molecule has 132 valence electrons. The van der Waals surface area contributed by atoms with Gasteiger partial charge in [-0.25, -0.2) is 4.98 Å². The van der Waals surface area contributed by atoms with Crippen molar-refractivity contribution in [1.29, 1.82) is 0 Å². The zero-order chi connectivity index (χ0) is 16.5. The standard InChI is InChI=1S/C17H24N4OS.HI/c1-13-21-15(12-23-13)9-11-20-17(18-2)19-10-8-14-4-6-16(22-3)7-5-14;/h4-7,12H,8-11H2,1-3H3,(H2,18,19,20);1H. The highest BCUT2D eigenvalue weighted by molar-refractivity contribution is 14.0. The van der Waals surface area contributed by atoms with E-state index in [9.17, 15) is 0 Å². The molecule has 0 fully saturated rings. The summed E-state index contributed by atoms with van der Waals surface area (Å²) in [5.41, 5.74) is 2.40. The SMILES string of the molecule is CN=C(NCCc1ccc(OC)cc1)NCCc1csc(C)n1.I. The minimum absolute atomic E-state index is 0. The van der Waals surface area contributed by atoms with E-state index in [0.29, 0.717) is 0 Å². The molecule has 0 spiro atoms. The van der Waals surface area contributed by atoms with Gasteiger partial charge in [0.2, 0.25) is 0 Å². The average Bonchev–Trinajstić information content (AvgIpc) is 2.99. The Morgan fingerprint density at radius 3 is 2.38 bits per heavy atom. The number of aliphatic imine (C=N–C) groups is 1. The molecular weight excluding hydrogens is 435 g/mol. The highest BCUT2D eigenvalue weighted by Crippen LogP contribution is 2.11. The van der Waals surface area contributed by atoms with Crippen LogP contribution in [0.3, 0.4) is 0 Å². The van der Waals surface area contributed by atoms with Crippen LogP contribution in [0.2, 0.25) is 0 Å². The molecule has 0 radical (unpaired) electrons. The summed E-state index contributed by atoms with van der Waals surface area (Å²) in [6.07, 6.45) is 1.85. The molecule has 2 rings (SSSR count). The zero-order valence-electron chi connectivity index (χ0n) is 14.3. The molecule has 1 heterocycles. The van der Waals surface area contributed by atoms with Crippen molar-refractivity contribution in [3.63, 3.8) is 0 Å². The first-order valence-corrected chi connectivity index (χ1v) is 8.57. The van der Waals surface area contributed by atoms with Crippen LogP contribution in [0.25, 0.3) is 0 Å². The Balaban J connectivity index is 0.00000288.